The molecule has 2 aliphatic heterocycles. The second kappa shape index (κ2) is 5.89. The maximum Gasteiger partial charge on any atom is 0.240 e. The molecular weight excluding hydrogens is 316 g/mol. The molecule has 6 nitrogen and oxygen atoms in total. The Balaban J connectivity index is 1.97. The summed E-state index contributed by atoms with van der Waals surface area (Å²) in [5.41, 5.74) is 1.09. The number of nitrogens with zero attached hydrogens (tertiary/aromatic N) is 1. The lowest BCUT2D eigenvalue weighted by molar-refractivity contribution is 0.0988. The van der Waals surface area contributed by atoms with Crippen molar-refractivity contribution in [3.63, 3.8) is 0 Å². The van der Waals surface area contributed by atoms with Crippen molar-refractivity contribution in [2.45, 2.75) is 31.1 Å². The van der Waals surface area contributed by atoms with Crippen LogP contribution in [0.3, 0.4) is 0 Å². The summed E-state index contributed by atoms with van der Waals surface area (Å²) in [6.07, 6.45) is 2.31. The zero-order valence-corrected chi connectivity index (χ0v) is 14.1. The highest BCUT2D eigenvalue weighted by molar-refractivity contribution is 7.89. The Bertz CT molecular complexity index is 724. The van der Waals surface area contributed by atoms with Crippen molar-refractivity contribution >= 4 is 21.5 Å². The number of nitrogens with two attached hydrogens (primary N) is 1. The Hall–Kier alpha value is -1.44. The van der Waals surface area contributed by atoms with Gasteiger partial charge in [-0.3, -0.25) is 4.79 Å². The molecule has 2 saturated heterocycles. The number of ketones is 1. The quantitative estimate of drug-likeness (QED) is 0.841. The van der Waals surface area contributed by atoms with Crippen LogP contribution < -0.4 is 10.0 Å². The van der Waals surface area contributed by atoms with E-state index in [1.54, 1.807) is 19.1 Å². The topological polar surface area (TPSA) is 89.7 Å². The number of carbonyl (C=O) groups is 1. The van der Waals surface area contributed by atoms with Gasteiger partial charge in [0.2, 0.25) is 10.0 Å². The molecule has 0 amide bonds. The maximum absolute atomic E-state index is 12.0. The number of carbonyl (C=O) groups excluding carboxylic acids is 1. The molecule has 0 radical (unpaired) electrons. The molecule has 2 heterocycles. The molecule has 2 N–H and O–H groups in total. The van der Waals surface area contributed by atoms with Crippen molar-refractivity contribution in [2.24, 2.45) is 10.6 Å². The van der Waals surface area contributed by atoms with E-state index in [4.69, 9.17) is 9.88 Å². The van der Waals surface area contributed by atoms with Crippen LogP contribution in [0.2, 0.25) is 0 Å². The molecule has 1 spiro atoms. The number of hydrogen-bond donors (Lipinski definition) is 1. The summed E-state index contributed by atoms with van der Waals surface area (Å²) < 4.78 is 29.5. The average Bonchev–Trinajstić information content (AvgIpc) is 3.15. The third-order valence-corrected chi connectivity index (χ3v) is 5.81. The van der Waals surface area contributed by atoms with Gasteiger partial charge in [-0.15, -0.1) is 0 Å². The normalized spacial score (nSPS) is 24.5. The standard InChI is InChI=1S/C16H22N2O4S/c1-2-14(19)12-3-4-13(15(9-12)23(17,20)21)18-7-5-16(10-18)6-8-22-11-16/h3-4,9H,2,5-8,10-11H2,1H3,(H2,17,20,21). The molecule has 0 aromatic heterocycles. The molecule has 2 fully saturated rings. The summed E-state index contributed by atoms with van der Waals surface area (Å²) in [4.78, 5) is 13.9. The Kier molecular flexibility index (Phi) is 4.20. The van der Waals surface area contributed by atoms with Gasteiger partial charge in [0.1, 0.15) is 4.90 Å². The van der Waals surface area contributed by atoms with E-state index < -0.39 is 10.0 Å². The summed E-state index contributed by atoms with van der Waals surface area (Å²) >= 11 is 0. The summed E-state index contributed by atoms with van der Waals surface area (Å²) in [5, 5.41) is 5.39. The van der Waals surface area contributed by atoms with Crippen LogP contribution in [0.4, 0.5) is 5.69 Å². The smallest absolute Gasteiger partial charge is 0.240 e. The van der Waals surface area contributed by atoms with Crippen molar-refractivity contribution in [2.75, 3.05) is 31.2 Å². The molecular formula is C16H22N2O4S. The monoisotopic (exact) mass is 338 g/mol. The van der Waals surface area contributed by atoms with E-state index in [1.165, 1.54) is 6.07 Å². The Morgan fingerprint density at radius 3 is 2.78 bits per heavy atom. The number of anilines is 1. The predicted molar refractivity (Wildman–Crippen MR) is 87.1 cm³/mol. The van der Waals surface area contributed by atoms with Crippen molar-refractivity contribution < 1.29 is 17.9 Å². The van der Waals surface area contributed by atoms with Crippen LogP contribution in [0.5, 0.6) is 0 Å². The highest BCUT2D eigenvalue weighted by Gasteiger charge is 2.42. The van der Waals surface area contributed by atoms with Crippen LogP contribution in [0.15, 0.2) is 23.1 Å². The second-order valence-corrected chi connectivity index (χ2v) is 8.01. The third-order valence-electron chi connectivity index (χ3n) is 4.87. The van der Waals surface area contributed by atoms with E-state index in [9.17, 15) is 13.2 Å². The first kappa shape index (κ1) is 16.4. The minimum absolute atomic E-state index is 0.0350. The molecule has 23 heavy (non-hydrogen) atoms. The van der Waals surface area contributed by atoms with E-state index in [2.05, 4.69) is 4.90 Å². The zero-order chi connectivity index (χ0) is 16.7. The molecule has 2 aliphatic rings. The van der Waals surface area contributed by atoms with Crippen LogP contribution in [0.25, 0.3) is 0 Å². The fraction of sp³-hybridized carbons (Fsp3) is 0.562. The van der Waals surface area contributed by atoms with Crippen LogP contribution in [-0.4, -0.2) is 40.5 Å². The number of sulfonamides is 1. The SMILES string of the molecule is CCC(=O)c1ccc(N2CCC3(CCOC3)C2)c(S(N)(=O)=O)c1. The number of rotatable bonds is 4. The van der Waals surface area contributed by atoms with Gasteiger partial charge < -0.3 is 9.64 Å². The van der Waals surface area contributed by atoms with E-state index in [1.807, 2.05) is 0 Å². The molecule has 126 valence electrons. The highest BCUT2D eigenvalue weighted by atomic mass is 32.2. The average molecular weight is 338 g/mol. The molecule has 1 unspecified atom stereocenters. The lowest BCUT2D eigenvalue weighted by Gasteiger charge is -2.25. The van der Waals surface area contributed by atoms with Gasteiger partial charge in [0.05, 0.1) is 12.3 Å². The Morgan fingerprint density at radius 2 is 2.17 bits per heavy atom. The number of primary sulfonamides is 1. The second-order valence-electron chi connectivity index (χ2n) is 6.48. The molecule has 0 bridgehead atoms. The third kappa shape index (κ3) is 3.13. The first-order valence-corrected chi connectivity index (χ1v) is 9.42. The summed E-state index contributed by atoms with van der Waals surface area (Å²) in [6.45, 7) is 4.77. The number of benzene rings is 1. The van der Waals surface area contributed by atoms with Gasteiger partial charge in [-0.25, -0.2) is 13.6 Å². The first-order chi connectivity index (χ1) is 10.8. The van der Waals surface area contributed by atoms with Crippen LogP contribution in [0, 0.1) is 5.41 Å². The first-order valence-electron chi connectivity index (χ1n) is 7.87. The molecule has 1 atom stereocenters. The van der Waals surface area contributed by atoms with Gasteiger partial charge in [0.25, 0.3) is 0 Å². The Morgan fingerprint density at radius 1 is 1.39 bits per heavy atom. The molecule has 0 aliphatic carbocycles. The fourth-order valence-electron chi connectivity index (χ4n) is 3.49. The molecule has 0 saturated carbocycles. The minimum atomic E-state index is -3.90. The number of Topliss-reactive ketones (excluding diaryl/α,β-unsaturated/α-hetero) is 1. The van der Waals surface area contributed by atoms with Crippen molar-refractivity contribution in [3.8, 4) is 0 Å². The minimum Gasteiger partial charge on any atom is -0.381 e. The van der Waals surface area contributed by atoms with Crippen molar-refractivity contribution in [3.05, 3.63) is 23.8 Å². The maximum atomic E-state index is 12.0. The predicted octanol–water partition coefficient (Wildman–Crippen LogP) is 1.54. The molecule has 1 aromatic carbocycles. The van der Waals surface area contributed by atoms with Gasteiger partial charge in [0, 0.05) is 37.1 Å². The van der Waals surface area contributed by atoms with Gasteiger partial charge in [-0.1, -0.05) is 6.92 Å². The Labute approximate surface area is 136 Å². The lowest BCUT2D eigenvalue weighted by atomic mass is 9.87. The molecule has 7 heteroatoms. The van der Waals surface area contributed by atoms with E-state index in [0.717, 1.165) is 39.1 Å². The largest absolute Gasteiger partial charge is 0.381 e. The molecule has 1 aromatic rings. The van der Waals surface area contributed by atoms with Gasteiger partial charge >= 0.3 is 0 Å². The highest BCUT2D eigenvalue weighted by Crippen LogP contribution is 2.41. The van der Waals surface area contributed by atoms with Crippen LogP contribution >= 0.6 is 0 Å². The summed E-state index contributed by atoms with van der Waals surface area (Å²) in [5.74, 6) is -0.0939. The number of ether oxygens (including phenoxy) is 1. The zero-order valence-electron chi connectivity index (χ0n) is 13.2. The van der Waals surface area contributed by atoms with Crippen molar-refractivity contribution in [1.82, 2.24) is 0 Å². The van der Waals surface area contributed by atoms with Crippen LogP contribution in [-0.2, 0) is 14.8 Å². The molecule has 3 rings (SSSR count). The van der Waals surface area contributed by atoms with Crippen molar-refractivity contribution in [1.29, 1.82) is 0 Å². The summed E-state index contributed by atoms with van der Waals surface area (Å²) in [7, 11) is -3.90. The van der Waals surface area contributed by atoms with E-state index in [-0.39, 0.29) is 16.1 Å². The van der Waals surface area contributed by atoms with Crippen LogP contribution in [0.1, 0.15) is 36.5 Å². The summed E-state index contributed by atoms with van der Waals surface area (Å²) in [6, 6.07) is 4.80. The van der Waals surface area contributed by atoms with Gasteiger partial charge in [-0.2, -0.15) is 0 Å². The fourth-order valence-corrected chi connectivity index (χ4v) is 4.27. The van der Waals surface area contributed by atoms with Gasteiger partial charge in [-0.05, 0) is 31.0 Å². The number of hydrogen-bond acceptors (Lipinski definition) is 5. The van der Waals surface area contributed by atoms with Gasteiger partial charge in [0.15, 0.2) is 5.78 Å². The lowest BCUT2D eigenvalue weighted by Crippen LogP contribution is -2.29. The van der Waals surface area contributed by atoms with E-state index in [0.29, 0.717) is 17.7 Å². The van der Waals surface area contributed by atoms with E-state index >= 15 is 0 Å².